The minimum absolute atomic E-state index is 0.0544. The van der Waals surface area contributed by atoms with Crippen LogP contribution in [0.5, 0.6) is 0 Å². The van der Waals surface area contributed by atoms with Crippen LogP contribution in [0.3, 0.4) is 0 Å². The monoisotopic (exact) mass is 438 g/mol. The molecule has 0 radical (unpaired) electrons. The number of rotatable bonds is 3. The molecular formula is C19H22N2O8S. The first-order chi connectivity index (χ1) is 13.9. The molecule has 3 rings (SSSR count). The van der Waals surface area contributed by atoms with E-state index >= 15 is 0 Å². The third-order valence-electron chi connectivity index (χ3n) is 4.57. The van der Waals surface area contributed by atoms with Crippen molar-refractivity contribution in [2.45, 2.75) is 38.0 Å². The topological polar surface area (TPSA) is 127 Å². The number of amides is 3. The van der Waals surface area contributed by atoms with Gasteiger partial charge in [-0.3, -0.25) is 9.59 Å². The van der Waals surface area contributed by atoms with E-state index in [9.17, 15) is 27.6 Å². The molecule has 1 atom stereocenters. The maximum Gasteiger partial charge on any atom is 0.410 e. The molecule has 2 aliphatic rings. The van der Waals surface area contributed by atoms with E-state index in [1.54, 1.807) is 32.9 Å². The smallest absolute Gasteiger partial charge is 0.410 e. The second kappa shape index (κ2) is 7.71. The molecule has 0 saturated carbocycles. The van der Waals surface area contributed by atoms with E-state index in [0.717, 1.165) is 0 Å². The van der Waals surface area contributed by atoms with Gasteiger partial charge in [0.1, 0.15) is 5.60 Å². The Morgan fingerprint density at radius 1 is 1.10 bits per heavy atom. The lowest BCUT2D eigenvalue weighted by molar-refractivity contribution is -0.168. The third-order valence-corrected chi connectivity index (χ3v) is 6.66. The molecule has 1 fully saturated rings. The summed E-state index contributed by atoms with van der Waals surface area (Å²) in [5.74, 6) is -3.00. The molecule has 30 heavy (non-hydrogen) atoms. The first kappa shape index (κ1) is 21.8. The molecule has 0 aliphatic carbocycles. The van der Waals surface area contributed by atoms with Gasteiger partial charge in [0.05, 0.1) is 28.6 Å². The van der Waals surface area contributed by atoms with E-state index in [1.165, 1.54) is 17.0 Å². The van der Waals surface area contributed by atoms with E-state index in [-0.39, 0.29) is 30.0 Å². The van der Waals surface area contributed by atoms with E-state index in [1.807, 2.05) is 0 Å². The first-order valence-electron chi connectivity index (χ1n) is 9.27. The van der Waals surface area contributed by atoms with E-state index in [4.69, 9.17) is 9.57 Å². The zero-order valence-electron chi connectivity index (χ0n) is 16.8. The zero-order valence-corrected chi connectivity index (χ0v) is 17.6. The number of fused-ring (bicyclic) bond motifs is 1. The fraction of sp³-hybridized carbons (Fsp3) is 0.474. The Bertz CT molecular complexity index is 977. The number of benzene rings is 1. The molecule has 10 nitrogen and oxygen atoms in total. The predicted molar refractivity (Wildman–Crippen MR) is 103 cm³/mol. The van der Waals surface area contributed by atoms with Gasteiger partial charge in [0.2, 0.25) is 0 Å². The van der Waals surface area contributed by atoms with Gasteiger partial charge in [-0.2, -0.15) is 0 Å². The molecule has 0 spiro atoms. The lowest BCUT2D eigenvalue weighted by atomic mass is 10.1. The average Bonchev–Trinajstić information content (AvgIpc) is 2.87. The Morgan fingerprint density at radius 3 is 2.20 bits per heavy atom. The normalized spacial score (nSPS) is 20.7. The van der Waals surface area contributed by atoms with Crippen LogP contribution in [0.4, 0.5) is 4.79 Å². The number of hydrogen-bond acceptors (Lipinski definition) is 8. The van der Waals surface area contributed by atoms with Crippen LogP contribution in [-0.2, 0) is 24.2 Å². The number of hydrogen-bond donors (Lipinski definition) is 0. The van der Waals surface area contributed by atoms with Gasteiger partial charge in [0.15, 0.2) is 9.84 Å². The Balaban J connectivity index is 1.67. The van der Waals surface area contributed by atoms with Crippen molar-refractivity contribution in [3.05, 3.63) is 35.4 Å². The summed E-state index contributed by atoms with van der Waals surface area (Å²) in [7, 11) is -3.68. The van der Waals surface area contributed by atoms with Crippen LogP contribution in [0.2, 0.25) is 0 Å². The summed E-state index contributed by atoms with van der Waals surface area (Å²) in [6.07, 6.45) is -1.30. The molecule has 3 amide bonds. The van der Waals surface area contributed by atoms with Crippen LogP contribution in [0.1, 0.15) is 47.9 Å². The SMILES string of the molecule is CC(C)(C)OC(=O)N1CCS(=O)(=O)C(CC(=O)ON2C(=O)c3ccccc3C2=O)C1. The van der Waals surface area contributed by atoms with Crippen molar-refractivity contribution in [1.29, 1.82) is 0 Å². The van der Waals surface area contributed by atoms with Crippen LogP contribution in [0.25, 0.3) is 0 Å². The number of sulfone groups is 1. The summed E-state index contributed by atoms with van der Waals surface area (Å²) in [4.78, 5) is 55.2. The molecule has 1 saturated heterocycles. The van der Waals surface area contributed by atoms with Gasteiger partial charge in [-0.1, -0.05) is 17.2 Å². The van der Waals surface area contributed by atoms with Gasteiger partial charge < -0.3 is 14.5 Å². The third kappa shape index (κ3) is 4.45. The Morgan fingerprint density at radius 2 is 1.67 bits per heavy atom. The van der Waals surface area contributed by atoms with Gasteiger partial charge >= 0.3 is 12.1 Å². The van der Waals surface area contributed by atoms with E-state index in [0.29, 0.717) is 5.06 Å². The minimum Gasteiger partial charge on any atom is -0.444 e. The maximum absolute atomic E-state index is 12.4. The molecular weight excluding hydrogens is 416 g/mol. The van der Waals surface area contributed by atoms with Crippen molar-refractivity contribution < 1.29 is 37.2 Å². The molecule has 0 bridgehead atoms. The highest BCUT2D eigenvalue weighted by molar-refractivity contribution is 7.92. The number of ether oxygens (including phenoxy) is 1. The number of nitrogens with zero attached hydrogens (tertiary/aromatic N) is 2. The lowest BCUT2D eigenvalue weighted by Gasteiger charge is -2.33. The Labute approximate surface area is 173 Å². The summed E-state index contributed by atoms with van der Waals surface area (Å²) in [5.41, 5.74) is -0.568. The lowest BCUT2D eigenvalue weighted by Crippen LogP contribution is -2.51. The van der Waals surface area contributed by atoms with Crippen molar-refractivity contribution >= 4 is 33.7 Å². The van der Waals surface area contributed by atoms with Gasteiger partial charge in [-0.05, 0) is 32.9 Å². The van der Waals surface area contributed by atoms with Gasteiger partial charge in [0, 0.05) is 13.1 Å². The fourth-order valence-electron chi connectivity index (χ4n) is 3.11. The van der Waals surface area contributed by atoms with Gasteiger partial charge in [0.25, 0.3) is 11.8 Å². The molecule has 11 heteroatoms. The second-order valence-corrected chi connectivity index (χ2v) is 10.4. The van der Waals surface area contributed by atoms with E-state index in [2.05, 4.69) is 0 Å². The summed E-state index contributed by atoms with van der Waals surface area (Å²) < 4.78 is 30.0. The van der Waals surface area contributed by atoms with Crippen molar-refractivity contribution in [3.8, 4) is 0 Å². The van der Waals surface area contributed by atoms with Crippen LogP contribution in [0.15, 0.2) is 24.3 Å². The highest BCUT2D eigenvalue weighted by Gasteiger charge is 2.41. The number of hydroxylamine groups is 2. The molecule has 2 aliphatic heterocycles. The minimum atomic E-state index is -3.68. The van der Waals surface area contributed by atoms with Crippen LogP contribution >= 0.6 is 0 Å². The molecule has 162 valence electrons. The second-order valence-electron chi connectivity index (χ2n) is 8.03. The number of carbonyl (C=O) groups is 4. The molecule has 0 N–H and O–H groups in total. The first-order valence-corrected chi connectivity index (χ1v) is 11.0. The van der Waals surface area contributed by atoms with Crippen molar-refractivity contribution in [2.24, 2.45) is 0 Å². The van der Waals surface area contributed by atoms with Crippen molar-refractivity contribution in [3.63, 3.8) is 0 Å². The van der Waals surface area contributed by atoms with Crippen LogP contribution < -0.4 is 0 Å². The standard InChI is InChI=1S/C19H22N2O8S/c1-19(2,3)28-18(25)20-8-9-30(26,27)12(11-20)10-15(22)29-21-16(23)13-6-4-5-7-14(13)17(21)24/h4-7,12H,8-11H2,1-3H3. The Kier molecular flexibility index (Phi) is 5.59. The van der Waals surface area contributed by atoms with E-state index < -0.39 is 51.0 Å². The van der Waals surface area contributed by atoms with Gasteiger partial charge in [-0.25, -0.2) is 18.0 Å². The largest absolute Gasteiger partial charge is 0.444 e. The Hall–Kier alpha value is -2.95. The summed E-state index contributed by atoms with van der Waals surface area (Å²) >= 11 is 0. The molecule has 1 unspecified atom stereocenters. The summed E-state index contributed by atoms with van der Waals surface area (Å²) in [5, 5.41) is -0.907. The summed E-state index contributed by atoms with van der Waals surface area (Å²) in [6, 6.07) is 5.98. The predicted octanol–water partition coefficient (Wildman–Crippen LogP) is 1.16. The number of imide groups is 1. The molecule has 1 aromatic carbocycles. The van der Waals surface area contributed by atoms with Crippen molar-refractivity contribution in [2.75, 3.05) is 18.8 Å². The summed E-state index contributed by atoms with van der Waals surface area (Å²) in [6.45, 7) is 4.74. The van der Waals surface area contributed by atoms with Gasteiger partial charge in [-0.15, -0.1) is 0 Å². The number of carbonyl (C=O) groups excluding carboxylic acids is 4. The highest BCUT2D eigenvalue weighted by Crippen LogP contribution is 2.24. The van der Waals surface area contributed by atoms with Crippen molar-refractivity contribution in [1.82, 2.24) is 9.96 Å². The average molecular weight is 438 g/mol. The quantitative estimate of drug-likeness (QED) is 0.644. The van der Waals surface area contributed by atoms with Crippen LogP contribution in [-0.4, -0.2) is 72.0 Å². The highest BCUT2D eigenvalue weighted by atomic mass is 32.2. The molecule has 2 heterocycles. The maximum atomic E-state index is 12.4. The zero-order chi connectivity index (χ0) is 22.3. The van der Waals surface area contributed by atoms with Crippen LogP contribution in [0, 0.1) is 0 Å². The molecule has 0 aromatic heterocycles. The fourth-order valence-corrected chi connectivity index (χ4v) is 4.72. The molecule has 1 aromatic rings.